The average Bonchev–Trinajstić information content (AvgIpc) is 2.48. The lowest BCUT2D eigenvalue weighted by molar-refractivity contribution is 0.0774. The molecule has 0 unspecified atom stereocenters. The molecule has 0 aromatic heterocycles. The molecule has 0 heterocycles. The Kier molecular flexibility index (Phi) is 5.02. The molecule has 2 aromatic carbocycles. The lowest BCUT2D eigenvalue weighted by Crippen LogP contribution is -2.31. The molecule has 0 N–H and O–H groups in total. The first-order chi connectivity index (χ1) is 9.68. The molecule has 4 heteroatoms. The summed E-state index contributed by atoms with van der Waals surface area (Å²) in [6.45, 7) is 0.940. The van der Waals surface area contributed by atoms with Crippen LogP contribution in [0.5, 0.6) is 5.75 Å². The molecule has 1 amide bonds. The molecule has 0 aliphatic carbocycles. The summed E-state index contributed by atoms with van der Waals surface area (Å²) < 4.78 is 5.57. The summed E-state index contributed by atoms with van der Waals surface area (Å²) in [5, 5.41) is 0.466. The summed E-state index contributed by atoms with van der Waals surface area (Å²) in [4.78, 5) is 13.8. The molecule has 104 valence electrons. The van der Waals surface area contributed by atoms with E-state index in [2.05, 4.69) is 0 Å². The van der Waals surface area contributed by atoms with Crippen molar-refractivity contribution in [3.63, 3.8) is 0 Å². The average molecular weight is 290 g/mol. The Morgan fingerprint density at radius 1 is 1.10 bits per heavy atom. The maximum absolute atomic E-state index is 12.2. The lowest BCUT2D eigenvalue weighted by atomic mass is 10.2. The second kappa shape index (κ2) is 6.96. The minimum absolute atomic E-state index is 0.104. The van der Waals surface area contributed by atoms with Crippen LogP contribution in [0.25, 0.3) is 0 Å². The topological polar surface area (TPSA) is 29.5 Å². The molecule has 0 spiro atoms. The van der Waals surface area contributed by atoms with Crippen LogP contribution in [0.2, 0.25) is 5.02 Å². The SMILES string of the molecule is CN(CCOc1ccccc1)C(=O)c1ccccc1Cl. The van der Waals surface area contributed by atoms with Crippen molar-refractivity contribution in [2.24, 2.45) is 0 Å². The molecule has 0 radical (unpaired) electrons. The maximum Gasteiger partial charge on any atom is 0.255 e. The van der Waals surface area contributed by atoms with Crippen LogP contribution >= 0.6 is 11.6 Å². The van der Waals surface area contributed by atoms with Crippen molar-refractivity contribution in [2.75, 3.05) is 20.2 Å². The van der Waals surface area contributed by atoms with E-state index >= 15 is 0 Å². The molecule has 0 saturated heterocycles. The van der Waals surface area contributed by atoms with Gasteiger partial charge in [0.2, 0.25) is 0 Å². The zero-order valence-corrected chi connectivity index (χ0v) is 12.0. The third kappa shape index (κ3) is 3.75. The van der Waals surface area contributed by atoms with E-state index in [9.17, 15) is 4.79 Å². The summed E-state index contributed by atoms with van der Waals surface area (Å²) in [6, 6.07) is 16.6. The Hall–Kier alpha value is -2.00. The van der Waals surface area contributed by atoms with E-state index in [0.717, 1.165) is 5.75 Å². The number of amides is 1. The number of carbonyl (C=O) groups is 1. The van der Waals surface area contributed by atoms with E-state index < -0.39 is 0 Å². The summed E-state index contributed by atoms with van der Waals surface area (Å²) in [7, 11) is 1.74. The van der Waals surface area contributed by atoms with Gasteiger partial charge in [0.15, 0.2) is 0 Å². The van der Waals surface area contributed by atoms with Gasteiger partial charge in [-0.3, -0.25) is 4.79 Å². The number of rotatable bonds is 5. The molecule has 0 atom stereocenters. The Labute approximate surface area is 123 Å². The first-order valence-corrected chi connectivity index (χ1v) is 6.74. The largest absolute Gasteiger partial charge is 0.492 e. The second-order valence-electron chi connectivity index (χ2n) is 4.37. The van der Waals surface area contributed by atoms with Gasteiger partial charge in [-0.15, -0.1) is 0 Å². The van der Waals surface area contributed by atoms with Crippen molar-refractivity contribution in [1.29, 1.82) is 0 Å². The fraction of sp³-hybridized carbons (Fsp3) is 0.188. The quantitative estimate of drug-likeness (QED) is 0.843. The zero-order chi connectivity index (χ0) is 14.4. The second-order valence-corrected chi connectivity index (χ2v) is 4.78. The number of carbonyl (C=O) groups excluding carboxylic acids is 1. The number of likely N-dealkylation sites (N-methyl/N-ethyl adjacent to an activating group) is 1. The van der Waals surface area contributed by atoms with Crippen LogP contribution in [0.4, 0.5) is 0 Å². The first-order valence-electron chi connectivity index (χ1n) is 6.36. The van der Waals surface area contributed by atoms with Crippen LogP contribution in [0.1, 0.15) is 10.4 Å². The Morgan fingerprint density at radius 3 is 2.45 bits per heavy atom. The Morgan fingerprint density at radius 2 is 1.75 bits per heavy atom. The summed E-state index contributed by atoms with van der Waals surface area (Å²) in [5.41, 5.74) is 0.511. The number of ether oxygens (including phenoxy) is 1. The fourth-order valence-electron chi connectivity index (χ4n) is 1.76. The first kappa shape index (κ1) is 14.4. The van der Waals surface area contributed by atoms with Crippen LogP contribution in [-0.4, -0.2) is 31.0 Å². The van der Waals surface area contributed by atoms with Gasteiger partial charge in [0.1, 0.15) is 12.4 Å². The molecular weight excluding hydrogens is 274 g/mol. The van der Waals surface area contributed by atoms with Crippen molar-refractivity contribution >= 4 is 17.5 Å². The number of halogens is 1. The van der Waals surface area contributed by atoms with Crippen molar-refractivity contribution in [1.82, 2.24) is 4.90 Å². The summed E-state index contributed by atoms with van der Waals surface area (Å²) in [6.07, 6.45) is 0. The van der Waals surface area contributed by atoms with Gasteiger partial charge >= 0.3 is 0 Å². The Balaban J connectivity index is 1.87. The van der Waals surface area contributed by atoms with Gasteiger partial charge in [-0.25, -0.2) is 0 Å². The molecular formula is C16H16ClNO2. The minimum Gasteiger partial charge on any atom is -0.492 e. The smallest absolute Gasteiger partial charge is 0.255 e. The third-order valence-corrected chi connectivity index (χ3v) is 3.22. The van der Waals surface area contributed by atoms with Gasteiger partial charge in [0.25, 0.3) is 5.91 Å². The lowest BCUT2D eigenvalue weighted by Gasteiger charge is -2.18. The van der Waals surface area contributed by atoms with Gasteiger partial charge in [0, 0.05) is 7.05 Å². The van der Waals surface area contributed by atoms with Gasteiger partial charge in [-0.2, -0.15) is 0 Å². The molecule has 0 fully saturated rings. The predicted molar refractivity (Wildman–Crippen MR) is 80.3 cm³/mol. The maximum atomic E-state index is 12.2. The van der Waals surface area contributed by atoms with Crippen LogP contribution in [0, 0.1) is 0 Å². The number of nitrogens with zero attached hydrogens (tertiary/aromatic N) is 1. The van der Waals surface area contributed by atoms with Gasteiger partial charge in [-0.05, 0) is 24.3 Å². The van der Waals surface area contributed by atoms with Crippen molar-refractivity contribution in [2.45, 2.75) is 0 Å². The molecule has 0 aliphatic heterocycles. The van der Waals surface area contributed by atoms with Crippen molar-refractivity contribution in [3.05, 3.63) is 65.2 Å². The van der Waals surface area contributed by atoms with E-state index in [4.69, 9.17) is 16.3 Å². The Bertz CT molecular complexity index is 572. The van der Waals surface area contributed by atoms with E-state index in [1.54, 1.807) is 36.2 Å². The summed E-state index contributed by atoms with van der Waals surface area (Å²) in [5.74, 6) is 0.693. The molecule has 2 aromatic rings. The van der Waals surface area contributed by atoms with E-state index in [1.807, 2.05) is 30.3 Å². The van der Waals surface area contributed by atoms with Crippen LogP contribution in [0.3, 0.4) is 0 Å². The van der Waals surface area contributed by atoms with Crippen LogP contribution in [-0.2, 0) is 0 Å². The molecule has 20 heavy (non-hydrogen) atoms. The molecule has 0 bridgehead atoms. The summed E-state index contributed by atoms with van der Waals surface area (Å²) >= 11 is 6.01. The fourth-order valence-corrected chi connectivity index (χ4v) is 1.98. The highest BCUT2D eigenvalue weighted by Crippen LogP contribution is 2.16. The molecule has 0 aliphatic rings. The third-order valence-electron chi connectivity index (χ3n) is 2.89. The number of hydrogen-bond donors (Lipinski definition) is 0. The highest BCUT2D eigenvalue weighted by Gasteiger charge is 2.14. The van der Waals surface area contributed by atoms with Gasteiger partial charge < -0.3 is 9.64 Å². The number of benzene rings is 2. The zero-order valence-electron chi connectivity index (χ0n) is 11.3. The number of para-hydroxylation sites is 1. The minimum atomic E-state index is -0.104. The number of hydrogen-bond acceptors (Lipinski definition) is 2. The molecule has 0 saturated carbocycles. The van der Waals surface area contributed by atoms with Crippen LogP contribution < -0.4 is 4.74 Å². The van der Waals surface area contributed by atoms with Crippen LogP contribution in [0.15, 0.2) is 54.6 Å². The highest BCUT2D eigenvalue weighted by molar-refractivity contribution is 6.33. The normalized spacial score (nSPS) is 10.1. The highest BCUT2D eigenvalue weighted by atomic mass is 35.5. The van der Waals surface area contributed by atoms with Gasteiger partial charge in [-0.1, -0.05) is 41.9 Å². The van der Waals surface area contributed by atoms with Crippen molar-refractivity contribution in [3.8, 4) is 5.75 Å². The van der Waals surface area contributed by atoms with E-state index in [-0.39, 0.29) is 5.91 Å². The monoisotopic (exact) mass is 289 g/mol. The molecule has 3 nitrogen and oxygen atoms in total. The van der Waals surface area contributed by atoms with E-state index in [0.29, 0.717) is 23.7 Å². The standard InChI is InChI=1S/C16H16ClNO2/c1-18(11-12-20-13-7-3-2-4-8-13)16(19)14-9-5-6-10-15(14)17/h2-10H,11-12H2,1H3. The van der Waals surface area contributed by atoms with Gasteiger partial charge in [0.05, 0.1) is 17.1 Å². The van der Waals surface area contributed by atoms with E-state index in [1.165, 1.54) is 0 Å². The van der Waals surface area contributed by atoms with Crippen molar-refractivity contribution < 1.29 is 9.53 Å². The predicted octanol–water partition coefficient (Wildman–Crippen LogP) is 3.49. The molecule has 2 rings (SSSR count).